The number of hydrogen-bond donors (Lipinski definition) is 0. The van der Waals surface area contributed by atoms with Crippen molar-refractivity contribution in [1.29, 1.82) is 0 Å². The van der Waals surface area contributed by atoms with E-state index in [9.17, 15) is 0 Å². The zero-order chi connectivity index (χ0) is 14.9. The molecule has 0 bridgehead atoms. The topological polar surface area (TPSA) is 45.2 Å². The van der Waals surface area contributed by atoms with Gasteiger partial charge in [0.2, 0.25) is 17.2 Å². The molecule has 0 radical (unpaired) electrons. The van der Waals surface area contributed by atoms with Crippen LogP contribution < -0.4 is 9.80 Å². The highest BCUT2D eigenvalue weighted by atomic mass is 35.5. The Balaban J connectivity index is 2.44. The summed E-state index contributed by atoms with van der Waals surface area (Å²) in [6, 6.07) is 6.29. The maximum Gasteiger partial charge on any atom is 0.235 e. The van der Waals surface area contributed by atoms with Crippen molar-refractivity contribution < 1.29 is 0 Å². The molecule has 5 nitrogen and oxygen atoms in total. The molecule has 1 heterocycles. The fourth-order valence-electron chi connectivity index (χ4n) is 1.94. The second kappa shape index (κ2) is 5.63. The number of aryl methyl sites for hydroxylation is 2. The van der Waals surface area contributed by atoms with Gasteiger partial charge in [-0.25, -0.2) is 0 Å². The molecular formula is C14H18ClN5. The maximum atomic E-state index is 5.97. The first kappa shape index (κ1) is 14.5. The van der Waals surface area contributed by atoms with Crippen LogP contribution in [0.2, 0.25) is 5.28 Å². The molecule has 2 aromatic rings. The Kier molecular flexibility index (Phi) is 4.09. The Morgan fingerprint density at radius 3 is 1.95 bits per heavy atom. The van der Waals surface area contributed by atoms with Gasteiger partial charge in [-0.1, -0.05) is 6.07 Å². The van der Waals surface area contributed by atoms with E-state index in [1.54, 1.807) is 4.90 Å². The third-order valence-corrected chi connectivity index (χ3v) is 3.05. The third kappa shape index (κ3) is 3.17. The van der Waals surface area contributed by atoms with Gasteiger partial charge in [-0.2, -0.15) is 15.0 Å². The van der Waals surface area contributed by atoms with Crippen molar-refractivity contribution >= 4 is 29.2 Å². The summed E-state index contributed by atoms with van der Waals surface area (Å²) >= 11 is 5.97. The first-order chi connectivity index (χ1) is 9.36. The predicted molar refractivity (Wildman–Crippen MR) is 83.1 cm³/mol. The zero-order valence-corrected chi connectivity index (χ0v) is 13.1. The van der Waals surface area contributed by atoms with Crippen LogP contribution >= 0.6 is 11.6 Å². The van der Waals surface area contributed by atoms with E-state index in [-0.39, 0.29) is 5.28 Å². The zero-order valence-electron chi connectivity index (χ0n) is 12.3. The minimum atomic E-state index is 0.190. The van der Waals surface area contributed by atoms with Crippen molar-refractivity contribution in [1.82, 2.24) is 15.0 Å². The molecule has 0 unspecified atom stereocenters. The second-order valence-electron chi connectivity index (χ2n) is 5.00. The Morgan fingerprint density at radius 1 is 0.850 bits per heavy atom. The lowest BCUT2D eigenvalue weighted by molar-refractivity contribution is 0.930. The van der Waals surface area contributed by atoms with Crippen molar-refractivity contribution in [3.8, 4) is 0 Å². The molecule has 2 rings (SSSR count). The lowest BCUT2D eigenvalue weighted by Gasteiger charge is -2.20. The molecule has 0 saturated carbocycles. The number of aromatic nitrogens is 3. The van der Waals surface area contributed by atoms with E-state index >= 15 is 0 Å². The summed E-state index contributed by atoms with van der Waals surface area (Å²) in [6.07, 6.45) is 0. The van der Waals surface area contributed by atoms with Crippen LogP contribution in [0.25, 0.3) is 0 Å². The normalized spacial score (nSPS) is 10.5. The van der Waals surface area contributed by atoms with Crippen LogP contribution in [0.1, 0.15) is 11.1 Å². The van der Waals surface area contributed by atoms with Gasteiger partial charge in [0.05, 0.1) is 0 Å². The van der Waals surface area contributed by atoms with Gasteiger partial charge in [-0.3, -0.25) is 0 Å². The van der Waals surface area contributed by atoms with E-state index in [0.29, 0.717) is 11.9 Å². The number of rotatable bonds is 3. The average molecular weight is 292 g/mol. The molecule has 20 heavy (non-hydrogen) atoms. The molecule has 0 N–H and O–H groups in total. The Morgan fingerprint density at radius 2 is 1.40 bits per heavy atom. The van der Waals surface area contributed by atoms with Gasteiger partial charge in [0.25, 0.3) is 0 Å². The van der Waals surface area contributed by atoms with Crippen LogP contribution in [0.15, 0.2) is 18.2 Å². The fourth-order valence-corrected chi connectivity index (χ4v) is 2.09. The minimum absolute atomic E-state index is 0.190. The van der Waals surface area contributed by atoms with Crippen LogP contribution in [0.4, 0.5) is 17.6 Å². The van der Waals surface area contributed by atoms with Crippen LogP contribution in [0.5, 0.6) is 0 Å². The van der Waals surface area contributed by atoms with E-state index in [1.165, 1.54) is 11.1 Å². The Bertz CT molecular complexity index is 607. The average Bonchev–Trinajstić information content (AvgIpc) is 2.35. The van der Waals surface area contributed by atoms with Gasteiger partial charge < -0.3 is 9.80 Å². The van der Waals surface area contributed by atoms with Crippen molar-refractivity contribution in [2.75, 3.05) is 30.9 Å². The highest BCUT2D eigenvalue weighted by molar-refractivity contribution is 6.28. The quantitative estimate of drug-likeness (QED) is 0.870. The molecule has 0 aliphatic rings. The molecule has 106 valence electrons. The molecule has 0 spiro atoms. The first-order valence-electron chi connectivity index (χ1n) is 6.28. The van der Waals surface area contributed by atoms with Gasteiger partial charge in [-0.05, 0) is 48.7 Å². The monoisotopic (exact) mass is 291 g/mol. The van der Waals surface area contributed by atoms with Crippen LogP contribution in [-0.4, -0.2) is 36.1 Å². The van der Waals surface area contributed by atoms with Crippen LogP contribution in [0, 0.1) is 13.8 Å². The van der Waals surface area contributed by atoms with Crippen molar-refractivity contribution in [2.24, 2.45) is 0 Å². The summed E-state index contributed by atoms with van der Waals surface area (Å²) in [5.41, 5.74) is 3.41. The van der Waals surface area contributed by atoms with E-state index in [4.69, 9.17) is 11.6 Å². The molecule has 0 aliphatic heterocycles. The molecule has 0 atom stereocenters. The molecule has 0 saturated heterocycles. The fraction of sp³-hybridized carbons (Fsp3) is 0.357. The first-order valence-corrected chi connectivity index (χ1v) is 6.65. The predicted octanol–water partition coefficient (Wildman–Crippen LogP) is 2.98. The van der Waals surface area contributed by atoms with Crippen molar-refractivity contribution in [2.45, 2.75) is 13.8 Å². The molecule has 0 aliphatic carbocycles. The van der Waals surface area contributed by atoms with Gasteiger partial charge in [0, 0.05) is 26.8 Å². The number of hydrogen-bond acceptors (Lipinski definition) is 5. The molecule has 1 aromatic carbocycles. The van der Waals surface area contributed by atoms with Crippen LogP contribution in [0.3, 0.4) is 0 Å². The number of benzene rings is 1. The van der Waals surface area contributed by atoms with Gasteiger partial charge in [-0.15, -0.1) is 0 Å². The standard InChI is InChI=1S/C14H18ClN5/c1-9-6-10(2)8-11(7-9)20(5)14-17-12(15)16-13(18-14)19(3)4/h6-8H,1-5H3. The summed E-state index contributed by atoms with van der Waals surface area (Å²) in [4.78, 5) is 16.4. The lowest BCUT2D eigenvalue weighted by Crippen LogP contribution is -2.18. The van der Waals surface area contributed by atoms with E-state index in [0.717, 1.165) is 5.69 Å². The summed E-state index contributed by atoms with van der Waals surface area (Å²) < 4.78 is 0. The summed E-state index contributed by atoms with van der Waals surface area (Å²) in [7, 11) is 5.65. The van der Waals surface area contributed by atoms with Gasteiger partial charge >= 0.3 is 0 Å². The van der Waals surface area contributed by atoms with Crippen molar-refractivity contribution in [3.05, 3.63) is 34.6 Å². The SMILES string of the molecule is Cc1cc(C)cc(N(C)c2nc(Cl)nc(N(C)C)n2)c1. The maximum absolute atomic E-state index is 5.97. The van der Waals surface area contributed by atoms with E-state index < -0.39 is 0 Å². The number of anilines is 3. The van der Waals surface area contributed by atoms with E-state index in [1.807, 2.05) is 26.0 Å². The minimum Gasteiger partial charge on any atom is -0.347 e. The molecule has 0 fully saturated rings. The van der Waals surface area contributed by atoms with Crippen molar-refractivity contribution in [3.63, 3.8) is 0 Å². The summed E-state index contributed by atoms with van der Waals surface area (Å²) in [5.74, 6) is 1.06. The van der Waals surface area contributed by atoms with Gasteiger partial charge in [0.1, 0.15) is 0 Å². The highest BCUT2D eigenvalue weighted by Gasteiger charge is 2.12. The smallest absolute Gasteiger partial charge is 0.235 e. The van der Waals surface area contributed by atoms with Crippen LogP contribution in [-0.2, 0) is 0 Å². The highest BCUT2D eigenvalue weighted by Crippen LogP contribution is 2.24. The Labute approximate surface area is 124 Å². The number of halogens is 1. The van der Waals surface area contributed by atoms with Gasteiger partial charge in [0.15, 0.2) is 0 Å². The molecule has 1 aromatic heterocycles. The number of nitrogens with zero attached hydrogens (tertiary/aromatic N) is 5. The molecular weight excluding hydrogens is 274 g/mol. The second-order valence-corrected chi connectivity index (χ2v) is 5.34. The Hall–Kier alpha value is -1.88. The van der Waals surface area contributed by atoms with E-state index in [2.05, 4.69) is 47.0 Å². The third-order valence-electron chi connectivity index (χ3n) is 2.88. The largest absolute Gasteiger partial charge is 0.347 e. The summed E-state index contributed by atoms with van der Waals surface area (Å²) in [6.45, 7) is 4.13. The lowest BCUT2D eigenvalue weighted by atomic mass is 10.1. The molecule has 6 heteroatoms. The molecule has 0 amide bonds. The summed E-state index contributed by atoms with van der Waals surface area (Å²) in [5, 5.41) is 0.190.